The minimum Gasteiger partial charge on any atom is -0.507 e. The molecule has 6 nitrogen and oxygen atoms in total. The van der Waals surface area contributed by atoms with Crippen LogP contribution in [0.3, 0.4) is 0 Å². The topological polar surface area (TPSA) is 90.8 Å². The molecule has 1 unspecified atom stereocenters. The third-order valence-electron chi connectivity index (χ3n) is 4.24. The normalized spacial score (nSPS) is 12.2. The van der Waals surface area contributed by atoms with E-state index in [4.69, 9.17) is 0 Å². The molecule has 2 rings (SSSR count). The number of hydrogen-bond donors (Lipinski definition) is 3. The van der Waals surface area contributed by atoms with Gasteiger partial charge in [-0.15, -0.1) is 0 Å². The molecular weight excluding hydrogens is 361 g/mol. The lowest BCUT2D eigenvalue weighted by atomic mass is 10.0. The fraction of sp³-hybridized carbons (Fsp3) is 0.286. The number of halogens is 1. The Kier molecular flexibility index (Phi) is 6.87. The molecule has 2 amide bonds. The van der Waals surface area contributed by atoms with E-state index in [0.29, 0.717) is 11.1 Å². The van der Waals surface area contributed by atoms with Crippen LogP contribution >= 0.6 is 0 Å². The molecule has 0 radical (unpaired) electrons. The van der Waals surface area contributed by atoms with Crippen molar-refractivity contribution in [3.8, 4) is 5.75 Å². The van der Waals surface area contributed by atoms with Gasteiger partial charge in [0.1, 0.15) is 17.6 Å². The molecule has 148 valence electrons. The number of carbonyl (C=O) groups is 2. The first-order valence-electron chi connectivity index (χ1n) is 8.88. The SMILES string of the molecule is Cc1cc(C=NNC(=O)C(NC(=O)c2ccc(F)cc2)C(C)C)cc(C)c1O. The highest BCUT2D eigenvalue weighted by Crippen LogP contribution is 2.22. The molecule has 0 bridgehead atoms. The summed E-state index contributed by atoms with van der Waals surface area (Å²) >= 11 is 0. The van der Waals surface area contributed by atoms with Crippen LogP contribution in [-0.2, 0) is 4.79 Å². The Morgan fingerprint density at radius 3 is 2.21 bits per heavy atom. The van der Waals surface area contributed by atoms with Gasteiger partial charge in [0.25, 0.3) is 11.8 Å². The van der Waals surface area contributed by atoms with Gasteiger partial charge in [0.15, 0.2) is 0 Å². The van der Waals surface area contributed by atoms with Crippen LogP contribution < -0.4 is 10.7 Å². The molecule has 0 aromatic heterocycles. The molecule has 0 saturated carbocycles. The average molecular weight is 385 g/mol. The van der Waals surface area contributed by atoms with Crippen LogP contribution in [-0.4, -0.2) is 29.2 Å². The lowest BCUT2D eigenvalue weighted by Gasteiger charge is -2.20. The van der Waals surface area contributed by atoms with Gasteiger partial charge >= 0.3 is 0 Å². The molecule has 0 fully saturated rings. The van der Waals surface area contributed by atoms with Gasteiger partial charge in [-0.05, 0) is 72.9 Å². The van der Waals surface area contributed by atoms with E-state index in [2.05, 4.69) is 15.8 Å². The summed E-state index contributed by atoms with van der Waals surface area (Å²) < 4.78 is 13.0. The zero-order chi connectivity index (χ0) is 20.8. The maximum atomic E-state index is 13.0. The van der Waals surface area contributed by atoms with Crippen LogP contribution in [0.2, 0.25) is 0 Å². The van der Waals surface area contributed by atoms with Crippen LogP contribution in [0.15, 0.2) is 41.5 Å². The molecule has 28 heavy (non-hydrogen) atoms. The van der Waals surface area contributed by atoms with Gasteiger partial charge in [0, 0.05) is 5.56 Å². The Morgan fingerprint density at radius 2 is 1.68 bits per heavy atom. The van der Waals surface area contributed by atoms with Crippen molar-refractivity contribution in [2.45, 2.75) is 33.7 Å². The highest BCUT2D eigenvalue weighted by molar-refractivity contribution is 5.97. The molecule has 0 saturated heterocycles. The van der Waals surface area contributed by atoms with Crippen LogP contribution in [0.25, 0.3) is 0 Å². The molecule has 2 aromatic carbocycles. The maximum Gasteiger partial charge on any atom is 0.262 e. The van der Waals surface area contributed by atoms with E-state index in [1.54, 1.807) is 39.8 Å². The molecule has 0 aliphatic rings. The molecule has 7 heteroatoms. The number of aryl methyl sites for hydroxylation is 2. The smallest absolute Gasteiger partial charge is 0.262 e. The third-order valence-corrected chi connectivity index (χ3v) is 4.24. The zero-order valence-electron chi connectivity index (χ0n) is 16.3. The monoisotopic (exact) mass is 385 g/mol. The average Bonchev–Trinajstić information content (AvgIpc) is 2.64. The van der Waals surface area contributed by atoms with E-state index in [-0.39, 0.29) is 17.2 Å². The Bertz CT molecular complexity index is 869. The minimum absolute atomic E-state index is 0.183. The fourth-order valence-corrected chi connectivity index (χ4v) is 2.66. The van der Waals surface area contributed by atoms with Crippen molar-refractivity contribution < 1.29 is 19.1 Å². The van der Waals surface area contributed by atoms with Crippen molar-refractivity contribution >= 4 is 18.0 Å². The zero-order valence-corrected chi connectivity index (χ0v) is 16.3. The number of hydrazone groups is 1. The molecule has 3 N–H and O–H groups in total. The van der Waals surface area contributed by atoms with Gasteiger partial charge in [0.05, 0.1) is 6.21 Å². The third kappa shape index (κ3) is 5.39. The summed E-state index contributed by atoms with van der Waals surface area (Å²) in [6.45, 7) is 7.15. The number of nitrogens with one attached hydrogen (secondary N) is 2. The summed E-state index contributed by atoms with van der Waals surface area (Å²) in [5.74, 6) is -1.33. The Hall–Kier alpha value is -3.22. The number of amides is 2. The fourth-order valence-electron chi connectivity index (χ4n) is 2.66. The van der Waals surface area contributed by atoms with Gasteiger partial charge in [-0.3, -0.25) is 9.59 Å². The summed E-state index contributed by atoms with van der Waals surface area (Å²) in [6, 6.07) is 7.76. The first kappa shape index (κ1) is 21.1. The molecular formula is C21H24FN3O3. The summed E-state index contributed by atoms with van der Waals surface area (Å²) in [4.78, 5) is 24.7. The number of rotatable bonds is 6. The number of hydrogen-bond acceptors (Lipinski definition) is 4. The number of aromatic hydroxyl groups is 1. The maximum absolute atomic E-state index is 13.0. The van der Waals surface area contributed by atoms with E-state index < -0.39 is 23.7 Å². The van der Waals surface area contributed by atoms with Crippen molar-refractivity contribution in [3.63, 3.8) is 0 Å². The van der Waals surface area contributed by atoms with Gasteiger partial charge in [-0.25, -0.2) is 9.82 Å². The first-order valence-corrected chi connectivity index (χ1v) is 8.88. The number of phenolic OH excluding ortho intramolecular Hbond substituents is 1. The lowest BCUT2D eigenvalue weighted by molar-refractivity contribution is -0.123. The summed E-state index contributed by atoms with van der Waals surface area (Å²) in [7, 11) is 0. The second kappa shape index (κ2) is 9.12. The minimum atomic E-state index is -0.807. The number of benzene rings is 2. The number of carbonyl (C=O) groups excluding carboxylic acids is 2. The molecule has 0 heterocycles. The lowest BCUT2D eigenvalue weighted by Crippen LogP contribution is -2.48. The quantitative estimate of drug-likeness (QED) is 0.527. The van der Waals surface area contributed by atoms with E-state index in [1.165, 1.54) is 30.5 Å². The van der Waals surface area contributed by atoms with Crippen LogP contribution in [0.4, 0.5) is 4.39 Å². The molecule has 0 aliphatic carbocycles. The van der Waals surface area contributed by atoms with Crippen molar-refractivity contribution in [3.05, 3.63) is 64.5 Å². The van der Waals surface area contributed by atoms with E-state index >= 15 is 0 Å². The number of phenols is 1. The van der Waals surface area contributed by atoms with Gasteiger partial charge < -0.3 is 10.4 Å². The van der Waals surface area contributed by atoms with E-state index in [1.807, 2.05) is 0 Å². The molecule has 0 spiro atoms. The predicted octanol–water partition coefficient (Wildman–Crippen LogP) is 3.05. The summed E-state index contributed by atoms with van der Waals surface area (Å²) in [5, 5.41) is 16.4. The van der Waals surface area contributed by atoms with Crippen molar-refractivity contribution in [2.75, 3.05) is 0 Å². The largest absolute Gasteiger partial charge is 0.507 e. The second-order valence-electron chi connectivity index (χ2n) is 6.94. The second-order valence-corrected chi connectivity index (χ2v) is 6.94. The van der Waals surface area contributed by atoms with E-state index in [9.17, 15) is 19.1 Å². The van der Waals surface area contributed by atoms with Crippen molar-refractivity contribution in [1.29, 1.82) is 0 Å². The molecule has 2 aromatic rings. The molecule has 0 aliphatic heterocycles. The number of nitrogens with zero attached hydrogens (tertiary/aromatic N) is 1. The summed E-state index contributed by atoms with van der Waals surface area (Å²) in [6.07, 6.45) is 1.47. The highest BCUT2D eigenvalue weighted by Gasteiger charge is 2.24. The van der Waals surface area contributed by atoms with Gasteiger partial charge in [0.2, 0.25) is 0 Å². The Balaban J connectivity index is 2.04. The van der Waals surface area contributed by atoms with Gasteiger partial charge in [-0.1, -0.05) is 13.8 Å². The van der Waals surface area contributed by atoms with Crippen molar-refractivity contribution in [2.24, 2.45) is 11.0 Å². The first-order chi connectivity index (χ1) is 13.2. The Labute approximate surface area is 163 Å². The Morgan fingerprint density at radius 1 is 1.11 bits per heavy atom. The van der Waals surface area contributed by atoms with Crippen LogP contribution in [0.5, 0.6) is 5.75 Å². The van der Waals surface area contributed by atoms with E-state index in [0.717, 1.165) is 5.56 Å². The van der Waals surface area contributed by atoms with Crippen LogP contribution in [0, 0.1) is 25.6 Å². The standard InChI is InChI=1S/C21H24FN3O3/c1-12(2)18(24-20(27)16-5-7-17(22)8-6-16)21(28)25-23-11-15-9-13(3)19(26)14(4)10-15/h5-12,18,26H,1-4H3,(H,24,27)(H,25,28). The van der Waals surface area contributed by atoms with Gasteiger partial charge in [-0.2, -0.15) is 5.10 Å². The van der Waals surface area contributed by atoms with Crippen molar-refractivity contribution in [1.82, 2.24) is 10.7 Å². The summed E-state index contributed by atoms with van der Waals surface area (Å²) in [5.41, 5.74) is 4.83. The predicted molar refractivity (Wildman–Crippen MR) is 106 cm³/mol. The van der Waals surface area contributed by atoms with Crippen LogP contribution in [0.1, 0.15) is 40.9 Å². The molecule has 1 atom stereocenters. The highest BCUT2D eigenvalue weighted by atomic mass is 19.1.